The third-order valence-electron chi connectivity index (χ3n) is 2.59. The van der Waals surface area contributed by atoms with Gasteiger partial charge in [0.2, 0.25) is 0 Å². The first kappa shape index (κ1) is 14.4. The second-order valence-electron chi connectivity index (χ2n) is 3.89. The fraction of sp³-hybridized carbons (Fsp3) is 0. The largest absolute Gasteiger partial charge is 0.545 e. The number of nitrogens with one attached hydrogen (secondary N) is 1. The minimum absolute atomic E-state index is 0.0106. The Morgan fingerprint density at radius 2 is 1.60 bits per heavy atom. The number of carbonyl (C=O) groups is 2. The minimum Gasteiger partial charge on any atom is -0.545 e. The fourth-order valence-corrected chi connectivity index (χ4v) is 2.00. The van der Waals surface area contributed by atoms with Crippen LogP contribution in [0.5, 0.6) is 0 Å². The van der Waals surface area contributed by atoms with E-state index in [1.54, 1.807) is 24.3 Å². The number of carboxylic acid groups (broad SMARTS) is 1. The molecule has 0 aromatic heterocycles. The fourth-order valence-electron chi connectivity index (χ4n) is 1.65. The van der Waals surface area contributed by atoms with Crippen molar-refractivity contribution >= 4 is 40.8 Å². The Labute approximate surface area is 124 Å². The van der Waals surface area contributed by atoms with Crippen LogP contribution in [-0.4, -0.2) is 11.9 Å². The predicted molar refractivity (Wildman–Crippen MR) is 75.2 cm³/mol. The van der Waals surface area contributed by atoms with Gasteiger partial charge in [0.1, 0.15) is 0 Å². The van der Waals surface area contributed by atoms with Crippen LogP contribution < -0.4 is 10.4 Å². The number of aromatic carboxylic acids is 1. The Morgan fingerprint density at radius 1 is 0.950 bits per heavy atom. The number of carbonyl (C=O) groups excluding carboxylic acids is 2. The predicted octanol–water partition coefficient (Wildman–Crippen LogP) is 2.61. The Kier molecular flexibility index (Phi) is 4.27. The van der Waals surface area contributed by atoms with Crippen molar-refractivity contribution in [2.75, 3.05) is 5.32 Å². The molecule has 1 amide bonds. The van der Waals surface area contributed by atoms with Gasteiger partial charge in [0, 0.05) is 11.1 Å². The second-order valence-corrected chi connectivity index (χ2v) is 4.67. The van der Waals surface area contributed by atoms with Crippen LogP contribution in [0.1, 0.15) is 20.7 Å². The van der Waals surface area contributed by atoms with Crippen LogP contribution in [0.15, 0.2) is 42.5 Å². The van der Waals surface area contributed by atoms with E-state index in [9.17, 15) is 14.7 Å². The smallest absolute Gasteiger partial charge is 0.256 e. The van der Waals surface area contributed by atoms with Crippen molar-refractivity contribution in [1.29, 1.82) is 0 Å². The molecule has 0 saturated carbocycles. The zero-order valence-electron chi connectivity index (χ0n) is 10.0. The molecule has 0 radical (unpaired) electrons. The summed E-state index contributed by atoms with van der Waals surface area (Å²) >= 11 is 11.8. The average molecular weight is 309 g/mol. The number of anilines is 1. The van der Waals surface area contributed by atoms with Crippen molar-refractivity contribution < 1.29 is 14.7 Å². The van der Waals surface area contributed by atoms with Crippen molar-refractivity contribution in [3.05, 3.63) is 63.6 Å². The van der Waals surface area contributed by atoms with Gasteiger partial charge in [0.05, 0.1) is 21.7 Å². The standard InChI is InChI=1S/C14H9Cl2NO3/c15-10-6-3-7-11(12(10)16)17-13(18)8-4-1-2-5-9(8)14(19)20/h1-7H,(H,17,18)(H,19,20)/p-1. The SMILES string of the molecule is O=C([O-])c1ccccc1C(=O)Nc1cccc(Cl)c1Cl. The highest BCUT2D eigenvalue weighted by molar-refractivity contribution is 6.44. The lowest BCUT2D eigenvalue weighted by Gasteiger charge is -2.12. The molecule has 102 valence electrons. The highest BCUT2D eigenvalue weighted by atomic mass is 35.5. The number of halogens is 2. The molecule has 0 bridgehead atoms. The van der Waals surface area contributed by atoms with Gasteiger partial charge in [-0.2, -0.15) is 0 Å². The van der Waals surface area contributed by atoms with Crippen molar-refractivity contribution in [1.82, 2.24) is 0 Å². The summed E-state index contributed by atoms with van der Waals surface area (Å²) in [6, 6.07) is 10.5. The first-order valence-electron chi connectivity index (χ1n) is 5.56. The lowest BCUT2D eigenvalue weighted by molar-refractivity contribution is -0.255. The monoisotopic (exact) mass is 308 g/mol. The van der Waals surface area contributed by atoms with Gasteiger partial charge >= 0.3 is 0 Å². The minimum atomic E-state index is -1.42. The van der Waals surface area contributed by atoms with E-state index in [1.165, 1.54) is 18.2 Å². The molecule has 0 spiro atoms. The zero-order chi connectivity index (χ0) is 14.7. The lowest BCUT2D eigenvalue weighted by atomic mass is 10.1. The summed E-state index contributed by atoms with van der Waals surface area (Å²) in [7, 11) is 0. The van der Waals surface area contributed by atoms with Crippen LogP contribution in [0.2, 0.25) is 10.0 Å². The highest BCUT2D eigenvalue weighted by Crippen LogP contribution is 2.29. The maximum atomic E-state index is 12.1. The maximum absolute atomic E-state index is 12.1. The molecule has 0 aliphatic heterocycles. The molecule has 0 atom stereocenters. The topological polar surface area (TPSA) is 69.2 Å². The van der Waals surface area contributed by atoms with E-state index in [2.05, 4.69) is 5.32 Å². The Balaban J connectivity index is 2.34. The summed E-state index contributed by atoms with van der Waals surface area (Å²) in [5, 5.41) is 14.0. The van der Waals surface area contributed by atoms with Gasteiger partial charge in [0.25, 0.3) is 5.91 Å². The summed E-state index contributed by atoms with van der Waals surface area (Å²) in [5.74, 6) is -2.03. The van der Waals surface area contributed by atoms with Crippen LogP contribution in [0, 0.1) is 0 Å². The molecule has 0 fully saturated rings. The number of hydrogen-bond acceptors (Lipinski definition) is 3. The van der Waals surface area contributed by atoms with E-state index in [0.29, 0.717) is 5.69 Å². The first-order valence-corrected chi connectivity index (χ1v) is 6.32. The molecule has 2 aromatic carbocycles. The van der Waals surface area contributed by atoms with Gasteiger partial charge in [-0.15, -0.1) is 0 Å². The molecule has 4 nitrogen and oxygen atoms in total. The van der Waals surface area contributed by atoms with Crippen LogP contribution in [0.4, 0.5) is 5.69 Å². The average Bonchev–Trinajstić information content (AvgIpc) is 2.43. The number of carboxylic acids is 1. The second kappa shape index (κ2) is 5.94. The van der Waals surface area contributed by atoms with Crippen LogP contribution in [0.3, 0.4) is 0 Å². The number of hydrogen-bond donors (Lipinski definition) is 1. The molecular formula is C14H8Cl2NO3-. The van der Waals surface area contributed by atoms with Crippen molar-refractivity contribution in [3.63, 3.8) is 0 Å². The number of rotatable bonds is 3. The zero-order valence-corrected chi connectivity index (χ0v) is 11.5. The van der Waals surface area contributed by atoms with Crippen molar-refractivity contribution in [2.45, 2.75) is 0 Å². The van der Waals surface area contributed by atoms with E-state index in [4.69, 9.17) is 23.2 Å². The normalized spacial score (nSPS) is 10.1. The molecule has 2 aromatic rings. The van der Waals surface area contributed by atoms with Crippen molar-refractivity contribution in [3.8, 4) is 0 Å². The quantitative estimate of drug-likeness (QED) is 0.947. The molecular weight excluding hydrogens is 301 g/mol. The third kappa shape index (κ3) is 2.92. The summed E-state index contributed by atoms with van der Waals surface area (Å²) in [4.78, 5) is 23.1. The van der Waals surface area contributed by atoms with Gasteiger partial charge in [-0.1, -0.05) is 47.5 Å². The van der Waals surface area contributed by atoms with Gasteiger partial charge in [-0.25, -0.2) is 0 Å². The molecule has 2 rings (SSSR count). The van der Waals surface area contributed by atoms with Gasteiger partial charge in [-0.3, -0.25) is 4.79 Å². The molecule has 0 aliphatic carbocycles. The molecule has 0 heterocycles. The van der Waals surface area contributed by atoms with Crippen LogP contribution in [-0.2, 0) is 0 Å². The Hall–Kier alpha value is -2.04. The molecule has 0 aliphatic rings. The van der Waals surface area contributed by atoms with Crippen molar-refractivity contribution in [2.24, 2.45) is 0 Å². The lowest BCUT2D eigenvalue weighted by Crippen LogP contribution is -2.26. The summed E-state index contributed by atoms with van der Waals surface area (Å²) in [6.07, 6.45) is 0. The molecule has 6 heteroatoms. The van der Waals surface area contributed by atoms with E-state index >= 15 is 0 Å². The van der Waals surface area contributed by atoms with E-state index in [-0.39, 0.29) is 21.2 Å². The maximum Gasteiger partial charge on any atom is 0.256 e. The summed E-state index contributed by atoms with van der Waals surface area (Å²) < 4.78 is 0. The van der Waals surface area contributed by atoms with E-state index in [1.807, 2.05) is 0 Å². The third-order valence-corrected chi connectivity index (χ3v) is 3.41. The number of amides is 1. The van der Waals surface area contributed by atoms with Crippen LogP contribution in [0.25, 0.3) is 0 Å². The van der Waals surface area contributed by atoms with Gasteiger partial charge in [-0.05, 0) is 18.2 Å². The molecule has 0 saturated heterocycles. The molecule has 1 N–H and O–H groups in total. The van der Waals surface area contributed by atoms with E-state index in [0.717, 1.165) is 0 Å². The van der Waals surface area contributed by atoms with Gasteiger partial charge < -0.3 is 15.2 Å². The summed E-state index contributed by atoms with van der Waals surface area (Å²) in [6.45, 7) is 0. The number of benzene rings is 2. The van der Waals surface area contributed by atoms with Crippen LogP contribution >= 0.6 is 23.2 Å². The first-order chi connectivity index (χ1) is 9.50. The highest BCUT2D eigenvalue weighted by Gasteiger charge is 2.13. The molecule has 0 unspecified atom stereocenters. The summed E-state index contributed by atoms with van der Waals surface area (Å²) in [5.41, 5.74) is 0.101. The Morgan fingerprint density at radius 3 is 2.25 bits per heavy atom. The molecule has 20 heavy (non-hydrogen) atoms. The van der Waals surface area contributed by atoms with E-state index < -0.39 is 11.9 Å². The Bertz CT molecular complexity index is 686. The van der Waals surface area contributed by atoms with Gasteiger partial charge in [0.15, 0.2) is 0 Å².